The quantitative estimate of drug-likeness (QED) is 0.761. The zero-order chi connectivity index (χ0) is 12.9. The van der Waals surface area contributed by atoms with Gasteiger partial charge in [0.15, 0.2) is 0 Å². The highest BCUT2D eigenvalue weighted by Gasteiger charge is 1.95. The van der Waals surface area contributed by atoms with Crippen LogP contribution in [0.4, 0.5) is 5.69 Å². The Balaban J connectivity index is 2.06. The van der Waals surface area contributed by atoms with Crippen LogP contribution in [0.5, 0.6) is 0 Å². The number of nitrogens with zero attached hydrogens (tertiary/aromatic N) is 3. The number of anilines is 1. The molecule has 0 fully saturated rings. The predicted octanol–water partition coefficient (Wildman–Crippen LogP) is 2.53. The zero-order valence-electron chi connectivity index (χ0n) is 10.3. The van der Waals surface area contributed by atoms with Gasteiger partial charge in [0, 0.05) is 24.8 Å². The van der Waals surface area contributed by atoms with Crippen LogP contribution in [-0.2, 0) is 0 Å². The van der Waals surface area contributed by atoms with Crippen LogP contribution in [0.3, 0.4) is 0 Å². The third-order valence-corrected chi connectivity index (χ3v) is 2.68. The smallest absolute Gasteiger partial charge is 0.109 e. The maximum Gasteiger partial charge on any atom is 0.109 e. The summed E-state index contributed by atoms with van der Waals surface area (Å²) < 4.78 is 3.68. The molecular weight excluding hydrogens is 236 g/mol. The Morgan fingerprint density at radius 2 is 1.42 bits per heavy atom. The Morgan fingerprint density at radius 3 is 2.21 bits per heavy atom. The van der Waals surface area contributed by atoms with E-state index in [1.54, 1.807) is 4.68 Å². The van der Waals surface area contributed by atoms with E-state index < -0.39 is 0 Å². The van der Waals surface area contributed by atoms with E-state index in [4.69, 9.17) is 0 Å². The van der Waals surface area contributed by atoms with Crippen molar-refractivity contribution < 1.29 is 0 Å². The molecule has 1 N–H and O–H groups in total. The summed E-state index contributed by atoms with van der Waals surface area (Å²) in [5.41, 5.74) is 4.23. The Bertz CT molecular complexity index is 697. The second-order valence-corrected chi connectivity index (χ2v) is 4.07. The third kappa shape index (κ3) is 2.74. The summed E-state index contributed by atoms with van der Waals surface area (Å²) in [6.07, 6.45) is 7.72. The van der Waals surface area contributed by atoms with Crippen LogP contribution in [0.25, 0.3) is 0 Å². The minimum Gasteiger partial charge on any atom is -0.293 e. The van der Waals surface area contributed by atoms with Gasteiger partial charge in [0.25, 0.3) is 0 Å². The molecule has 4 nitrogen and oxygen atoms in total. The van der Waals surface area contributed by atoms with Crippen molar-refractivity contribution in [2.75, 3.05) is 5.43 Å². The van der Waals surface area contributed by atoms with Gasteiger partial charge in [0.2, 0.25) is 0 Å². The second kappa shape index (κ2) is 5.27. The molecule has 1 aromatic carbocycles. The lowest BCUT2D eigenvalue weighted by molar-refractivity contribution is 0.843. The van der Waals surface area contributed by atoms with Gasteiger partial charge < -0.3 is 0 Å². The van der Waals surface area contributed by atoms with Gasteiger partial charge in [-0.15, -0.1) is 0 Å². The molecule has 0 saturated carbocycles. The zero-order valence-corrected chi connectivity index (χ0v) is 10.3. The molecule has 0 saturated heterocycles. The van der Waals surface area contributed by atoms with Gasteiger partial charge >= 0.3 is 0 Å². The Hall–Kier alpha value is -2.75. The van der Waals surface area contributed by atoms with Crippen LogP contribution >= 0.6 is 0 Å². The molecule has 0 spiro atoms. The first-order valence-corrected chi connectivity index (χ1v) is 6.09. The van der Waals surface area contributed by atoms with Crippen LogP contribution in [0.2, 0.25) is 0 Å². The average molecular weight is 250 g/mol. The molecular formula is C15H14N4. The van der Waals surface area contributed by atoms with Gasteiger partial charge in [-0.05, 0) is 36.4 Å². The lowest BCUT2D eigenvalue weighted by atomic mass is 10.4. The van der Waals surface area contributed by atoms with E-state index in [1.807, 2.05) is 84.1 Å². The highest BCUT2D eigenvalue weighted by molar-refractivity contribution is 5.41. The fourth-order valence-electron chi connectivity index (χ4n) is 1.78. The Morgan fingerprint density at radius 1 is 0.737 bits per heavy atom. The van der Waals surface area contributed by atoms with Gasteiger partial charge in [-0.2, -0.15) is 5.10 Å². The number of aromatic nitrogens is 2. The topological polar surface area (TPSA) is 34.2 Å². The molecule has 2 aromatic heterocycles. The molecule has 4 heteroatoms. The first-order valence-electron chi connectivity index (χ1n) is 6.09. The van der Waals surface area contributed by atoms with E-state index >= 15 is 0 Å². The van der Waals surface area contributed by atoms with E-state index in [1.165, 1.54) is 0 Å². The summed E-state index contributed by atoms with van der Waals surface area (Å²) in [4.78, 5) is 0. The summed E-state index contributed by atoms with van der Waals surface area (Å²) in [5, 5.41) is 5.43. The summed E-state index contributed by atoms with van der Waals surface area (Å²) >= 11 is 0. The normalized spacial score (nSPS) is 11.5. The third-order valence-electron chi connectivity index (χ3n) is 2.68. The highest BCUT2D eigenvalue weighted by Crippen LogP contribution is 2.00. The molecule has 94 valence electrons. The second-order valence-electron chi connectivity index (χ2n) is 4.07. The van der Waals surface area contributed by atoms with Gasteiger partial charge in [-0.1, -0.05) is 18.2 Å². The predicted molar refractivity (Wildman–Crippen MR) is 75.3 cm³/mol. The van der Waals surface area contributed by atoms with Crippen LogP contribution in [-0.4, -0.2) is 9.35 Å². The van der Waals surface area contributed by atoms with E-state index in [0.29, 0.717) is 0 Å². The van der Waals surface area contributed by atoms with Gasteiger partial charge in [0.05, 0.1) is 5.69 Å². The Kier molecular flexibility index (Phi) is 3.14. The molecule has 0 aliphatic heterocycles. The lowest BCUT2D eigenvalue weighted by Gasteiger charge is -2.06. The van der Waals surface area contributed by atoms with E-state index in [9.17, 15) is 0 Å². The summed E-state index contributed by atoms with van der Waals surface area (Å²) in [6.45, 7) is 0. The first kappa shape index (κ1) is 11.3. The SMILES string of the molecule is c1ccc(Nn2cccc2)/c(=N\n2cccc2)cc1. The minimum atomic E-state index is 0.870. The highest BCUT2D eigenvalue weighted by atomic mass is 15.4. The van der Waals surface area contributed by atoms with E-state index in [-0.39, 0.29) is 0 Å². The molecule has 3 aromatic rings. The fraction of sp³-hybridized carbons (Fsp3) is 0. The molecule has 0 aliphatic carbocycles. The molecule has 3 rings (SSSR count). The summed E-state index contributed by atoms with van der Waals surface area (Å²) in [5.74, 6) is 0. The molecule has 0 radical (unpaired) electrons. The fourth-order valence-corrected chi connectivity index (χ4v) is 1.78. The molecule has 0 amide bonds. The van der Waals surface area contributed by atoms with Crippen molar-refractivity contribution in [1.29, 1.82) is 0 Å². The van der Waals surface area contributed by atoms with Crippen molar-refractivity contribution in [2.45, 2.75) is 0 Å². The molecule has 0 atom stereocenters. The van der Waals surface area contributed by atoms with Crippen molar-refractivity contribution in [2.24, 2.45) is 5.10 Å². The lowest BCUT2D eigenvalue weighted by Crippen LogP contribution is -2.15. The van der Waals surface area contributed by atoms with Crippen molar-refractivity contribution in [1.82, 2.24) is 9.35 Å². The maximum absolute atomic E-state index is 4.56. The molecule has 19 heavy (non-hydrogen) atoms. The first-order chi connectivity index (χ1) is 9.42. The van der Waals surface area contributed by atoms with Crippen molar-refractivity contribution in [3.8, 4) is 0 Å². The number of hydrogen-bond acceptors (Lipinski definition) is 2. The van der Waals surface area contributed by atoms with E-state index in [0.717, 1.165) is 11.0 Å². The largest absolute Gasteiger partial charge is 0.293 e. The summed E-state index contributed by atoms with van der Waals surface area (Å²) in [7, 11) is 0. The van der Waals surface area contributed by atoms with Crippen LogP contribution in [0.1, 0.15) is 0 Å². The number of nitrogens with one attached hydrogen (secondary N) is 1. The van der Waals surface area contributed by atoms with Crippen molar-refractivity contribution in [3.05, 3.63) is 84.7 Å². The molecule has 2 heterocycles. The molecule has 0 bridgehead atoms. The summed E-state index contributed by atoms with van der Waals surface area (Å²) in [6, 6.07) is 17.8. The number of hydrogen-bond donors (Lipinski definition) is 1. The van der Waals surface area contributed by atoms with Crippen LogP contribution in [0.15, 0.2) is 84.5 Å². The van der Waals surface area contributed by atoms with E-state index in [2.05, 4.69) is 10.5 Å². The van der Waals surface area contributed by atoms with Crippen LogP contribution < -0.4 is 10.8 Å². The van der Waals surface area contributed by atoms with Crippen molar-refractivity contribution in [3.63, 3.8) is 0 Å². The minimum absolute atomic E-state index is 0.870. The van der Waals surface area contributed by atoms with Crippen molar-refractivity contribution >= 4 is 5.69 Å². The Labute approximate surface area is 111 Å². The molecule has 0 aliphatic rings. The van der Waals surface area contributed by atoms with Gasteiger partial charge in [-0.25, -0.2) is 4.68 Å². The van der Waals surface area contributed by atoms with Crippen LogP contribution in [0, 0.1) is 0 Å². The van der Waals surface area contributed by atoms with Gasteiger partial charge in [0.1, 0.15) is 5.36 Å². The average Bonchev–Trinajstić information content (AvgIpc) is 3.04. The standard InChI is InChI=1S/C15H14N4/c1-2-8-14(16-18-10-4-5-11-18)15(9-3-1)17-19-12-6-7-13-19/h1-13H,(H,16,17). The number of rotatable bonds is 3. The maximum atomic E-state index is 4.56. The monoisotopic (exact) mass is 250 g/mol. The van der Waals surface area contributed by atoms with Gasteiger partial charge in [-0.3, -0.25) is 10.1 Å². The molecule has 0 unspecified atom stereocenters.